The van der Waals surface area contributed by atoms with Crippen molar-refractivity contribution in [1.82, 2.24) is 0 Å². The Morgan fingerprint density at radius 1 is 0.818 bits per heavy atom. The van der Waals surface area contributed by atoms with Crippen molar-refractivity contribution in [2.75, 3.05) is 5.32 Å². The zero-order chi connectivity index (χ0) is 15.9. The first-order valence-electron chi connectivity index (χ1n) is 6.46. The number of carbonyl (C=O) groups excluding carboxylic acids is 3. The molecule has 0 fully saturated rings. The third-order valence-corrected chi connectivity index (χ3v) is 2.82. The first-order chi connectivity index (χ1) is 10.6. The van der Waals surface area contributed by atoms with Crippen molar-refractivity contribution in [2.24, 2.45) is 0 Å². The minimum atomic E-state index is -1.45. The monoisotopic (exact) mass is 294 g/mol. The number of benzene rings is 2. The second kappa shape index (κ2) is 6.99. The molecule has 0 aliphatic rings. The molecule has 0 unspecified atom stereocenters. The van der Waals surface area contributed by atoms with Gasteiger partial charge in [-0.1, -0.05) is 30.3 Å². The summed E-state index contributed by atoms with van der Waals surface area (Å²) >= 11 is 0. The second-order valence-corrected chi connectivity index (χ2v) is 4.41. The van der Waals surface area contributed by atoms with Crippen molar-refractivity contribution >= 4 is 23.3 Å². The number of hydrogen-bond acceptors (Lipinski definition) is 4. The van der Waals surface area contributed by atoms with Crippen molar-refractivity contribution < 1.29 is 19.5 Å². The van der Waals surface area contributed by atoms with E-state index in [0.717, 1.165) is 6.08 Å². The van der Waals surface area contributed by atoms with E-state index < -0.39 is 11.9 Å². The van der Waals surface area contributed by atoms with Crippen LogP contribution in [0.25, 0.3) is 0 Å². The molecule has 1 N–H and O–H groups in total. The number of carbonyl (C=O) groups is 3. The Morgan fingerprint density at radius 3 is 2.00 bits per heavy atom. The Balaban J connectivity index is 2.06. The number of hydrogen-bond donors (Lipinski definition) is 1. The topological polar surface area (TPSA) is 86.3 Å². The fraction of sp³-hybridized carbons (Fsp3) is 0. The Hall–Kier alpha value is -3.21. The number of nitrogens with one attached hydrogen (secondary N) is 1. The normalized spacial score (nSPS) is 10.4. The van der Waals surface area contributed by atoms with Gasteiger partial charge in [0.25, 0.3) is 0 Å². The number of aliphatic carboxylic acids is 1. The molecule has 2 aromatic carbocycles. The van der Waals surface area contributed by atoms with Gasteiger partial charge in [-0.15, -0.1) is 0 Å². The highest BCUT2D eigenvalue weighted by atomic mass is 16.4. The average Bonchev–Trinajstić information content (AvgIpc) is 2.54. The highest BCUT2D eigenvalue weighted by molar-refractivity contribution is 6.09. The van der Waals surface area contributed by atoms with Gasteiger partial charge in [-0.05, 0) is 30.3 Å². The predicted molar refractivity (Wildman–Crippen MR) is 79.1 cm³/mol. The van der Waals surface area contributed by atoms with Crippen LogP contribution in [0, 0.1) is 0 Å². The predicted octanol–water partition coefficient (Wildman–Crippen LogP) is 1.16. The highest BCUT2D eigenvalue weighted by Gasteiger charge is 2.08. The summed E-state index contributed by atoms with van der Waals surface area (Å²) in [4.78, 5) is 33.8. The van der Waals surface area contributed by atoms with Gasteiger partial charge in [-0.2, -0.15) is 0 Å². The van der Waals surface area contributed by atoms with E-state index in [1.165, 1.54) is 0 Å². The maximum absolute atomic E-state index is 12.2. The first-order valence-corrected chi connectivity index (χ1v) is 6.46. The van der Waals surface area contributed by atoms with Crippen molar-refractivity contribution in [3.05, 3.63) is 77.9 Å². The number of carboxylic acid groups (broad SMARTS) is 1. The molecule has 0 spiro atoms. The zero-order valence-electron chi connectivity index (χ0n) is 11.5. The number of carboxylic acids is 1. The molecule has 0 radical (unpaired) electrons. The summed E-state index contributed by atoms with van der Waals surface area (Å²) in [5.41, 5.74) is 1.53. The van der Waals surface area contributed by atoms with Crippen LogP contribution >= 0.6 is 0 Å². The van der Waals surface area contributed by atoms with E-state index in [0.29, 0.717) is 22.9 Å². The van der Waals surface area contributed by atoms with Crippen molar-refractivity contribution in [1.29, 1.82) is 0 Å². The SMILES string of the molecule is O=C([O-])/C=C/C(=O)Nc1ccc(C(=O)c2ccccc2)cc1. The number of rotatable bonds is 5. The lowest BCUT2D eigenvalue weighted by molar-refractivity contribution is -0.297. The number of ketones is 1. The number of anilines is 1. The molecule has 5 heteroatoms. The van der Waals surface area contributed by atoms with Crippen LogP contribution in [0.4, 0.5) is 5.69 Å². The molecule has 0 aliphatic heterocycles. The van der Waals surface area contributed by atoms with Gasteiger partial charge in [-0.3, -0.25) is 9.59 Å². The summed E-state index contributed by atoms with van der Waals surface area (Å²) in [5.74, 6) is -2.15. The van der Waals surface area contributed by atoms with E-state index >= 15 is 0 Å². The number of amides is 1. The van der Waals surface area contributed by atoms with Crippen LogP contribution in [0.1, 0.15) is 15.9 Å². The Morgan fingerprint density at radius 2 is 1.41 bits per heavy atom. The van der Waals surface area contributed by atoms with Gasteiger partial charge < -0.3 is 15.2 Å². The third kappa shape index (κ3) is 4.14. The lowest BCUT2D eigenvalue weighted by Gasteiger charge is -2.04. The Kier molecular flexibility index (Phi) is 4.82. The fourth-order valence-corrected chi connectivity index (χ4v) is 1.79. The molecule has 0 saturated heterocycles. The first kappa shape index (κ1) is 15.2. The van der Waals surface area contributed by atoms with Gasteiger partial charge in [0.2, 0.25) is 5.91 Å². The van der Waals surface area contributed by atoms with Crippen LogP contribution in [0.3, 0.4) is 0 Å². The lowest BCUT2D eigenvalue weighted by atomic mass is 10.0. The lowest BCUT2D eigenvalue weighted by Crippen LogP contribution is -2.20. The maximum Gasteiger partial charge on any atom is 0.248 e. The van der Waals surface area contributed by atoms with Crippen molar-refractivity contribution in [3.63, 3.8) is 0 Å². The van der Waals surface area contributed by atoms with Gasteiger partial charge in [0, 0.05) is 22.9 Å². The van der Waals surface area contributed by atoms with Gasteiger partial charge in [0.05, 0.1) is 5.97 Å². The van der Waals surface area contributed by atoms with Crippen LogP contribution in [-0.2, 0) is 9.59 Å². The summed E-state index contributed by atoms with van der Waals surface area (Å²) in [7, 11) is 0. The van der Waals surface area contributed by atoms with Gasteiger partial charge in [0.15, 0.2) is 5.78 Å². The van der Waals surface area contributed by atoms with Crippen LogP contribution in [-0.4, -0.2) is 17.7 Å². The van der Waals surface area contributed by atoms with Gasteiger partial charge in [0.1, 0.15) is 0 Å². The maximum atomic E-state index is 12.2. The van der Waals surface area contributed by atoms with Crippen LogP contribution in [0.15, 0.2) is 66.7 Å². The molecule has 22 heavy (non-hydrogen) atoms. The van der Waals surface area contributed by atoms with E-state index in [4.69, 9.17) is 0 Å². The Labute approximate surface area is 126 Å². The minimum absolute atomic E-state index is 0.115. The van der Waals surface area contributed by atoms with E-state index in [-0.39, 0.29) is 5.78 Å². The quantitative estimate of drug-likeness (QED) is 0.662. The summed E-state index contributed by atoms with van der Waals surface area (Å²) in [6.45, 7) is 0. The minimum Gasteiger partial charge on any atom is -0.545 e. The molecule has 2 rings (SSSR count). The molecule has 0 atom stereocenters. The van der Waals surface area contributed by atoms with Crippen LogP contribution < -0.4 is 10.4 Å². The standard InChI is InChI=1S/C17H13NO4/c19-15(10-11-16(20)21)18-14-8-6-13(7-9-14)17(22)12-4-2-1-3-5-12/h1-11H,(H,18,19)(H,20,21)/p-1/b11-10+. The van der Waals surface area contributed by atoms with Gasteiger partial charge >= 0.3 is 0 Å². The van der Waals surface area contributed by atoms with E-state index in [1.54, 1.807) is 48.5 Å². The molecule has 0 heterocycles. The summed E-state index contributed by atoms with van der Waals surface area (Å²) in [6.07, 6.45) is 1.50. The van der Waals surface area contributed by atoms with Gasteiger partial charge in [-0.25, -0.2) is 0 Å². The third-order valence-electron chi connectivity index (χ3n) is 2.82. The van der Waals surface area contributed by atoms with E-state index in [2.05, 4.69) is 5.32 Å². The second-order valence-electron chi connectivity index (χ2n) is 4.41. The fourth-order valence-electron chi connectivity index (χ4n) is 1.79. The van der Waals surface area contributed by atoms with Crippen molar-refractivity contribution in [2.45, 2.75) is 0 Å². The molecule has 0 aliphatic carbocycles. The molecule has 2 aromatic rings. The molecule has 5 nitrogen and oxygen atoms in total. The van der Waals surface area contributed by atoms with Crippen LogP contribution in [0.2, 0.25) is 0 Å². The van der Waals surface area contributed by atoms with Crippen molar-refractivity contribution in [3.8, 4) is 0 Å². The summed E-state index contributed by atoms with van der Waals surface area (Å²) in [5, 5.41) is 12.7. The zero-order valence-corrected chi connectivity index (χ0v) is 11.5. The molecule has 1 amide bonds. The van der Waals surface area contributed by atoms with E-state index in [1.807, 2.05) is 6.07 Å². The molecule has 0 aromatic heterocycles. The Bertz CT molecular complexity index is 718. The molecular weight excluding hydrogens is 282 g/mol. The average molecular weight is 294 g/mol. The molecule has 0 saturated carbocycles. The summed E-state index contributed by atoms with van der Waals surface area (Å²) in [6, 6.07) is 15.2. The smallest absolute Gasteiger partial charge is 0.248 e. The molecular formula is C17H12NO4-. The molecule has 0 bridgehead atoms. The highest BCUT2D eigenvalue weighted by Crippen LogP contribution is 2.13. The van der Waals surface area contributed by atoms with Crippen LogP contribution in [0.5, 0.6) is 0 Å². The molecule has 110 valence electrons. The summed E-state index contributed by atoms with van der Waals surface area (Å²) < 4.78 is 0. The largest absolute Gasteiger partial charge is 0.545 e. The van der Waals surface area contributed by atoms with E-state index in [9.17, 15) is 19.5 Å².